The van der Waals surface area contributed by atoms with Gasteiger partial charge >= 0.3 is 0 Å². The van der Waals surface area contributed by atoms with E-state index in [0.717, 1.165) is 13.0 Å². The fourth-order valence-corrected chi connectivity index (χ4v) is 2.07. The molecule has 0 fully saturated rings. The van der Waals surface area contributed by atoms with Crippen LogP contribution in [0.2, 0.25) is 0 Å². The van der Waals surface area contributed by atoms with E-state index in [4.69, 9.17) is 5.73 Å². The van der Waals surface area contributed by atoms with E-state index in [1.54, 1.807) is 16.9 Å². The Labute approximate surface area is 114 Å². The zero-order valence-electron chi connectivity index (χ0n) is 12.3. The van der Waals surface area contributed by atoms with Gasteiger partial charge in [0.25, 0.3) is 0 Å². The number of nitrogen functional groups attached to an aromatic ring is 1. The Kier molecular flexibility index (Phi) is 5.82. The van der Waals surface area contributed by atoms with Crippen LogP contribution in [0.15, 0.2) is 12.3 Å². The number of amides is 1. The van der Waals surface area contributed by atoms with Crippen molar-refractivity contribution in [3.05, 3.63) is 12.3 Å². The molecule has 1 aromatic heterocycles. The molecule has 6 nitrogen and oxygen atoms in total. The van der Waals surface area contributed by atoms with E-state index in [2.05, 4.69) is 29.2 Å². The maximum Gasteiger partial charge on any atom is 0.241 e. The standard InChI is InChI=1S/C13H25N5O/c1-10(2)7-11(8-17(3)4)15-13(19)9-18-6-5-12(14)16-18/h5-6,10-11H,7-9H2,1-4H3,(H2,14,16)(H,15,19). The van der Waals surface area contributed by atoms with Gasteiger partial charge in [-0.2, -0.15) is 5.10 Å². The molecule has 0 bridgehead atoms. The van der Waals surface area contributed by atoms with Crippen LogP contribution in [0.5, 0.6) is 0 Å². The molecule has 6 heteroatoms. The monoisotopic (exact) mass is 267 g/mol. The second-order valence-corrected chi connectivity index (χ2v) is 5.59. The van der Waals surface area contributed by atoms with Crippen molar-refractivity contribution in [2.24, 2.45) is 5.92 Å². The van der Waals surface area contributed by atoms with E-state index in [-0.39, 0.29) is 18.5 Å². The van der Waals surface area contributed by atoms with Gasteiger partial charge in [-0.3, -0.25) is 9.48 Å². The van der Waals surface area contributed by atoms with Crippen LogP contribution in [-0.2, 0) is 11.3 Å². The molecule has 1 heterocycles. The lowest BCUT2D eigenvalue weighted by molar-refractivity contribution is -0.122. The molecule has 1 unspecified atom stereocenters. The summed E-state index contributed by atoms with van der Waals surface area (Å²) in [6, 6.07) is 1.84. The number of rotatable bonds is 7. The lowest BCUT2D eigenvalue weighted by atomic mass is 10.0. The summed E-state index contributed by atoms with van der Waals surface area (Å²) < 4.78 is 1.55. The van der Waals surface area contributed by atoms with Crippen molar-refractivity contribution >= 4 is 11.7 Å². The summed E-state index contributed by atoms with van der Waals surface area (Å²) in [4.78, 5) is 14.0. The Morgan fingerprint density at radius 3 is 2.68 bits per heavy atom. The third-order valence-corrected chi connectivity index (χ3v) is 2.67. The van der Waals surface area contributed by atoms with Gasteiger partial charge in [-0.05, 0) is 32.5 Å². The Bertz CT molecular complexity index is 389. The lowest BCUT2D eigenvalue weighted by Gasteiger charge is -2.24. The largest absolute Gasteiger partial charge is 0.382 e. The van der Waals surface area contributed by atoms with Crippen molar-refractivity contribution in [2.75, 3.05) is 26.4 Å². The molecule has 0 aromatic carbocycles. The van der Waals surface area contributed by atoms with Crippen LogP contribution in [0.25, 0.3) is 0 Å². The first-order chi connectivity index (χ1) is 8.86. The number of nitrogens with one attached hydrogen (secondary N) is 1. The summed E-state index contributed by atoms with van der Waals surface area (Å²) in [7, 11) is 4.02. The predicted molar refractivity (Wildman–Crippen MR) is 76.6 cm³/mol. The number of anilines is 1. The summed E-state index contributed by atoms with van der Waals surface area (Å²) in [5.41, 5.74) is 5.52. The van der Waals surface area contributed by atoms with Crippen molar-refractivity contribution in [2.45, 2.75) is 32.9 Å². The molecule has 108 valence electrons. The van der Waals surface area contributed by atoms with Gasteiger partial charge in [-0.25, -0.2) is 0 Å². The van der Waals surface area contributed by atoms with E-state index in [1.165, 1.54) is 0 Å². The summed E-state index contributed by atoms with van der Waals surface area (Å²) in [6.45, 7) is 5.36. The maximum absolute atomic E-state index is 12.0. The highest BCUT2D eigenvalue weighted by Gasteiger charge is 2.15. The first kappa shape index (κ1) is 15.5. The fraction of sp³-hybridized carbons (Fsp3) is 0.692. The molecule has 1 amide bonds. The second kappa shape index (κ2) is 7.13. The molecule has 0 spiro atoms. The summed E-state index contributed by atoms with van der Waals surface area (Å²) in [5.74, 6) is 0.945. The molecule has 0 aliphatic heterocycles. The minimum atomic E-state index is -0.0319. The third kappa shape index (κ3) is 6.24. The van der Waals surface area contributed by atoms with Crippen LogP contribution in [-0.4, -0.2) is 47.3 Å². The van der Waals surface area contributed by atoms with Gasteiger partial charge < -0.3 is 16.0 Å². The van der Waals surface area contributed by atoms with Gasteiger partial charge in [0.05, 0.1) is 0 Å². The SMILES string of the molecule is CC(C)CC(CN(C)C)NC(=O)Cn1ccc(N)n1. The quantitative estimate of drug-likeness (QED) is 0.757. The van der Waals surface area contributed by atoms with E-state index in [0.29, 0.717) is 11.7 Å². The highest BCUT2D eigenvalue weighted by molar-refractivity contribution is 5.76. The lowest BCUT2D eigenvalue weighted by Crippen LogP contribution is -2.43. The second-order valence-electron chi connectivity index (χ2n) is 5.59. The minimum Gasteiger partial charge on any atom is -0.382 e. The van der Waals surface area contributed by atoms with Gasteiger partial charge in [0.2, 0.25) is 5.91 Å². The van der Waals surface area contributed by atoms with Gasteiger partial charge in [0, 0.05) is 18.8 Å². The summed E-state index contributed by atoms with van der Waals surface area (Å²) in [5, 5.41) is 7.06. The topological polar surface area (TPSA) is 76.2 Å². The van der Waals surface area contributed by atoms with Crippen LogP contribution in [0.4, 0.5) is 5.82 Å². The fourth-order valence-electron chi connectivity index (χ4n) is 2.07. The molecule has 1 rings (SSSR count). The molecule has 0 saturated carbocycles. The average Bonchev–Trinajstić information content (AvgIpc) is 2.61. The third-order valence-electron chi connectivity index (χ3n) is 2.67. The maximum atomic E-state index is 12.0. The highest BCUT2D eigenvalue weighted by atomic mass is 16.2. The molecule has 19 heavy (non-hydrogen) atoms. The van der Waals surface area contributed by atoms with Gasteiger partial charge in [-0.15, -0.1) is 0 Å². The normalized spacial score (nSPS) is 12.9. The predicted octanol–water partition coefficient (Wildman–Crippen LogP) is 0.558. The molecule has 0 radical (unpaired) electrons. The Hall–Kier alpha value is -1.56. The first-order valence-electron chi connectivity index (χ1n) is 6.60. The number of hydrogen-bond acceptors (Lipinski definition) is 4. The Morgan fingerprint density at radius 2 is 2.21 bits per heavy atom. The minimum absolute atomic E-state index is 0.0319. The van der Waals surface area contributed by atoms with Crippen LogP contribution < -0.4 is 11.1 Å². The zero-order chi connectivity index (χ0) is 14.4. The molecule has 0 aliphatic rings. The molecule has 0 aliphatic carbocycles. The number of hydrogen-bond donors (Lipinski definition) is 2. The van der Waals surface area contributed by atoms with Crippen LogP contribution in [0, 0.1) is 5.92 Å². The van der Waals surface area contributed by atoms with E-state index < -0.39 is 0 Å². The van der Waals surface area contributed by atoms with E-state index in [9.17, 15) is 4.79 Å². The molecule has 3 N–H and O–H groups in total. The number of carbonyl (C=O) groups is 1. The van der Waals surface area contributed by atoms with Crippen molar-refractivity contribution < 1.29 is 4.79 Å². The van der Waals surface area contributed by atoms with Gasteiger partial charge in [0.15, 0.2) is 0 Å². The van der Waals surface area contributed by atoms with Crippen molar-refractivity contribution in [3.63, 3.8) is 0 Å². The van der Waals surface area contributed by atoms with Crippen LogP contribution in [0.3, 0.4) is 0 Å². The van der Waals surface area contributed by atoms with Crippen LogP contribution >= 0.6 is 0 Å². The first-order valence-corrected chi connectivity index (χ1v) is 6.60. The van der Waals surface area contributed by atoms with E-state index in [1.807, 2.05) is 14.1 Å². The molecule has 0 saturated heterocycles. The van der Waals surface area contributed by atoms with E-state index >= 15 is 0 Å². The van der Waals surface area contributed by atoms with Crippen molar-refractivity contribution in [1.82, 2.24) is 20.0 Å². The highest BCUT2D eigenvalue weighted by Crippen LogP contribution is 2.06. The van der Waals surface area contributed by atoms with Crippen LogP contribution in [0.1, 0.15) is 20.3 Å². The Morgan fingerprint density at radius 1 is 1.53 bits per heavy atom. The molecule has 1 atom stereocenters. The van der Waals surface area contributed by atoms with Crippen molar-refractivity contribution in [3.8, 4) is 0 Å². The zero-order valence-corrected chi connectivity index (χ0v) is 12.3. The number of aromatic nitrogens is 2. The summed E-state index contributed by atoms with van der Waals surface area (Å²) >= 11 is 0. The molecular weight excluding hydrogens is 242 g/mol. The Balaban J connectivity index is 2.50. The smallest absolute Gasteiger partial charge is 0.241 e. The molecular formula is C13H25N5O. The number of nitrogens with two attached hydrogens (primary N) is 1. The number of nitrogens with zero attached hydrogens (tertiary/aromatic N) is 3. The number of carbonyl (C=O) groups excluding carboxylic acids is 1. The average molecular weight is 267 g/mol. The molecule has 1 aromatic rings. The summed E-state index contributed by atoms with van der Waals surface area (Å²) in [6.07, 6.45) is 2.67. The number of likely N-dealkylation sites (N-methyl/N-ethyl adjacent to an activating group) is 1. The van der Waals surface area contributed by atoms with Crippen molar-refractivity contribution in [1.29, 1.82) is 0 Å². The van der Waals surface area contributed by atoms with Gasteiger partial charge in [-0.1, -0.05) is 13.8 Å². The van der Waals surface area contributed by atoms with Gasteiger partial charge in [0.1, 0.15) is 12.4 Å².